The quantitative estimate of drug-likeness (QED) is 0.428. The molecule has 1 amide bonds. The number of aromatic amines is 1. The summed E-state index contributed by atoms with van der Waals surface area (Å²) in [5.74, 6) is -0.244. The molecule has 134 valence electrons. The maximum atomic E-state index is 12.0. The number of unbranched alkanes of at least 4 members (excludes halogenated alkanes) is 1. The second kappa shape index (κ2) is 8.34. The number of fused-ring (bicyclic) bond motifs is 1. The number of carbonyl (C=O) groups is 1. The van der Waals surface area contributed by atoms with E-state index in [1.54, 1.807) is 18.2 Å². The number of rotatable bonds is 8. The van der Waals surface area contributed by atoms with E-state index in [-0.39, 0.29) is 11.7 Å². The molecule has 2 aromatic carbocycles. The molecule has 0 saturated carbocycles. The van der Waals surface area contributed by atoms with Crippen LogP contribution in [0.2, 0.25) is 0 Å². The number of benzene rings is 2. The number of amides is 1. The van der Waals surface area contributed by atoms with Gasteiger partial charge in [0.1, 0.15) is 5.75 Å². The Bertz CT molecular complexity index is 915. The first kappa shape index (κ1) is 17.7. The largest absolute Gasteiger partial charge is 0.507 e. The van der Waals surface area contributed by atoms with Crippen LogP contribution in [0.25, 0.3) is 10.9 Å². The zero-order chi connectivity index (χ0) is 18.4. The van der Waals surface area contributed by atoms with Crippen LogP contribution in [0.3, 0.4) is 0 Å². The predicted molar refractivity (Wildman–Crippen MR) is 103 cm³/mol. The molecule has 0 bridgehead atoms. The normalized spacial score (nSPS) is 10.8. The molecule has 3 aromatic rings. The molecule has 0 radical (unpaired) electrons. The zero-order valence-electron chi connectivity index (χ0n) is 14.7. The number of hydrogen-bond donors (Lipinski definition) is 3. The Balaban J connectivity index is 1.48. The van der Waals surface area contributed by atoms with Crippen molar-refractivity contribution >= 4 is 16.8 Å². The minimum atomic E-state index is -0.247. The molecule has 5 heteroatoms. The van der Waals surface area contributed by atoms with E-state index in [0.29, 0.717) is 12.1 Å². The second-order valence-electron chi connectivity index (χ2n) is 6.27. The van der Waals surface area contributed by atoms with Crippen LogP contribution in [-0.2, 0) is 12.8 Å². The van der Waals surface area contributed by atoms with Crippen LogP contribution in [0, 0.1) is 0 Å². The Labute approximate surface area is 152 Å². The monoisotopic (exact) mass is 349 g/mol. The standard InChI is InChI=1S/C21H23N3O2/c1-2-7-15-11-12-16-18(23-24-19(16)14-15)9-5-6-13-22-21(26)17-8-3-4-10-20(17)25/h2-4,8,10-12,14,25H,1,5-7,9,13H2,(H,22,26)(H,23,24). The van der Waals surface area contributed by atoms with Gasteiger partial charge in [0, 0.05) is 11.9 Å². The molecule has 0 fully saturated rings. The summed E-state index contributed by atoms with van der Waals surface area (Å²) >= 11 is 0. The van der Waals surface area contributed by atoms with Crippen LogP contribution in [0.15, 0.2) is 55.1 Å². The van der Waals surface area contributed by atoms with E-state index in [0.717, 1.165) is 42.3 Å². The highest BCUT2D eigenvalue weighted by atomic mass is 16.3. The highest BCUT2D eigenvalue weighted by Crippen LogP contribution is 2.20. The highest BCUT2D eigenvalue weighted by molar-refractivity contribution is 5.96. The second-order valence-corrected chi connectivity index (χ2v) is 6.27. The number of nitrogens with zero attached hydrogens (tertiary/aromatic N) is 1. The third-order valence-electron chi connectivity index (χ3n) is 4.36. The molecule has 0 spiro atoms. The van der Waals surface area contributed by atoms with Crippen molar-refractivity contribution in [2.45, 2.75) is 25.7 Å². The summed E-state index contributed by atoms with van der Waals surface area (Å²) in [4.78, 5) is 12.0. The van der Waals surface area contributed by atoms with Crippen LogP contribution < -0.4 is 5.32 Å². The lowest BCUT2D eigenvalue weighted by molar-refractivity contribution is 0.0950. The molecular formula is C21H23N3O2. The molecule has 1 aromatic heterocycles. The molecule has 0 unspecified atom stereocenters. The SMILES string of the molecule is C=CCc1ccc2c(CCCCNC(=O)c3ccccc3O)n[nH]c2c1. The first-order valence-electron chi connectivity index (χ1n) is 8.82. The number of para-hydroxylation sites is 1. The average Bonchev–Trinajstić information content (AvgIpc) is 3.04. The van der Waals surface area contributed by atoms with Crippen LogP contribution >= 0.6 is 0 Å². The van der Waals surface area contributed by atoms with Gasteiger partial charge in [0.2, 0.25) is 0 Å². The molecule has 0 atom stereocenters. The number of allylic oxidation sites excluding steroid dienone is 1. The molecule has 3 N–H and O–H groups in total. The van der Waals surface area contributed by atoms with Gasteiger partial charge in [-0.3, -0.25) is 9.89 Å². The van der Waals surface area contributed by atoms with Crippen molar-refractivity contribution in [2.24, 2.45) is 0 Å². The first-order chi connectivity index (χ1) is 12.7. The Kier molecular flexibility index (Phi) is 5.69. The maximum Gasteiger partial charge on any atom is 0.255 e. The molecule has 3 rings (SSSR count). The summed E-state index contributed by atoms with van der Waals surface area (Å²) < 4.78 is 0. The smallest absolute Gasteiger partial charge is 0.255 e. The van der Waals surface area contributed by atoms with Gasteiger partial charge >= 0.3 is 0 Å². The number of phenolic OH excluding ortho intramolecular Hbond substituents is 1. The molecule has 0 saturated heterocycles. The number of phenols is 1. The van der Waals surface area contributed by atoms with E-state index in [1.165, 1.54) is 11.6 Å². The van der Waals surface area contributed by atoms with Gasteiger partial charge in [-0.2, -0.15) is 5.10 Å². The summed E-state index contributed by atoms with van der Waals surface area (Å²) in [5, 5.41) is 21.2. The lowest BCUT2D eigenvalue weighted by Gasteiger charge is -2.06. The summed E-state index contributed by atoms with van der Waals surface area (Å²) in [6, 6.07) is 12.9. The maximum absolute atomic E-state index is 12.0. The molecular weight excluding hydrogens is 326 g/mol. The topological polar surface area (TPSA) is 78.0 Å². The summed E-state index contributed by atoms with van der Waals surface area (Å²) in [5.41, 5.74) is 3.63. The Morgan fingerprint density at radius 3 is 2.88 bits per heavy atom. The van der Waals surface area contributed by atoms with Crippen LogP contribution in [0.5, 0.6) is 5.75 Å². The van der Waals surface area contributed by atoms with Crippen molar-refractivity contribution in [1.82, 2.24) is 15.5 Å². The highest BCUT2D eigenvalue weighted by Gasteiger charge is 2.09. The van der Waals surface area contributed by atoms with Gasteiger partial charge in [-0.05, 0) is 49.4 Å². The Hall–Kier alpha value is -3.08. The fraction of sp³-hybridized carbons (Fsp3) is 0.238. The molecule has 0 aliphatic carbocycles. The van der Waals surface area contributed by atoms with E-state index in [9.17, 15) is 9.90 Å². The fourth-order valence-corrected chi connectivity index (χ4v) is 2.99. The van der Waals surface area contributed by atoms with Crippen molar-refractivity contribution in [3.63, 3.8) is 0 Å². The number of carbonyl (C=O) groups excluding carboxylic acids is 1. The fourth-order valence-electron chi connectivity index (χ4n) is 2.99. The van der Waals surface area contributed by atoms with Gasteiger partial charge in [0.15, 0.2) is 0 Å². The van der Waals surface area contributed by atoms with E-state index < -0.39 is 0 Å². The number of nitrogens with one attached hydrogen (secondary N) is 2. The number of H-pyrrole nitrogens is 1. The number of hydrogen-bond acceptors (Lipinski definition) is 3. The number of aryl methyl sites for hydroxylation is 1. The summed E-state index contributed by atoms with van der Waals surface area (Å²) in [7, 11) is 0. The van der Waals surface area contributed by atoms with Crippen LogP contribution in [0.1, 0.15) is 34.5 Å². The minimum Gasteiger partial charge on any atom is -0.507 e. The van der Waals surface area contributed by atoms with Crippen molar-refractivity contribution in [2.75, 3.05) is 6.54 Å². The minimum absolute atomic E-state index is 0.00353. The van der Waals surface area contributed by atoms with Gasteiger partial charge in [0.25, 0.3) is 5.91 Å². The number of aromatic nitrogens is 2. The van der Waals surface area contributed by atoms with Gasteiger partial charge in [-0.25, -0.2) is 0 Å². The Morgan fingerprint density at radius 2 is 2.08 bits per heavy atom. The molecule has 0 aliphatic rings. The summed E-state index contributed by atoms with van der Waals surface area (Å²) in [6.07, 6.45) is 5.37. The van der Waals surface area contributed by atoms with E-state index in [2.05, 4.69) is 40.3 Å². The summed E-state index contributed by atoms with van der Waals surface area (Å²) in [6.45, 7) is 4.33. The van der Waals surface area contributed by atoms with Crippen LogP contribution in [0.4, 0.5) is 0 Å². The lowest BCUT2D eigenvalue weighted by atomic mass is 10.1. The van der Waals surface area contributed by atoms with Gasteiger partial charge in [0.05, 0.1) is 16.8 Å². The molecule has 5 nitrogen and oxygen atoms in total. The van der Waals surface area contributed by atoms with Gasteiger partial charge in [-0.1, -0.05) is 30.3 Å². The first-order valence-corrected chi connectivity index (χ1v) is 8.82. The van der Waals surface area contributed by atoms with E-state index in [4.69, 9.17) is 0 Å². The third-order valence-corrected chi connectivity index (χ3v) is 4.36. The molecule has 0 aliphatic heterocycles. The van der Waals surface area contributed by atoms with E-state index in [1.807, 2.05) is 6.08 Å². The lowest BCUT2D eigenvalue weighted by Crippen LogP contribution is -2.24. The van der Waals surface area contributed by atoms with Crippen molar-refractivity contribution in [3.8, 4) is 5.75 Å². The third kappa shape index (κ3) is 4.11. The van der Waals surface area contributed by atoms with Crippen molar-refractivity contribution < 1.29 is 9.90 Å². The predicted octanol–water partition coefficient (Wildman–Crippen LogP) is 3.75. The van der Waals surface area contributed by atoms with Crippen LogP contribution in [-0.4, -0.2) is 27.8 Å². The molecule has 26 heavy (non-hydrogen) atoms. The van der Waals surface area contributed by atoms with Crippen molar-refractivity contribution in [3.05, 3.63) is 71.9 Å². The average molecular weight is 349 g/mol. The van der Waals surface area contributed by atoms with Crippen molar-refractivity contribution in [1.29, 1.82) is 0 Å². The molecule has 1 heterocycles. The Morgan fingerprint density at radius 1 is 1.23 bits per heavy atom. The van der Waals surface area contributed by atoms with Gasteiger partial charge in [-0.15, -0.1) is 6.58 Å². The van der Waals surface area contributed by atoms with Gasteiger partial charge < -0.3 is 10.4 Å². The number of aromatic hydroxyl groups is 1. The van der Waals surface area contributed by atoms with E-state index >= 15 is 0 Å². The zero-order valence-corrected chi connectivity index (χ0v) is 14.7.